The smallest absolute Gasteiger partial charge is 0.315 e. The zero-order valence-corrected chi connectivity index (χ0v) is 8.01. The maximum Gasteiger partial charge on any atom is 0.315 e. The Balaban J connectivity index is 2.69. The van der Waals surface area contributed by atoms with Crippen molar-refractivity contribution in [1.29, 1.82) is 5.26 Å². The summed E-state index contributed by atoms with van der Waals surface area (Å²) in [5.41, 5.74) is 0.175. The summed E-state index contributed by atoms with van der Waals surface area (Å²) >= 11 is 0. The van der Waals surface area contributed by atoms with Crippen LogP contribution in [0.25, 0.3) is 0 Å². The molecule has 84 valence electrons. The van der Waals surface area contributed by atoms with E-state index in [9.17, 15) is 18.0 Å². The van der Waals surface area contributed by atoms with Gasteiger partial charge in [0.05, 0.1) is 11.6 Å². The Labute approximate surface area is 89.5 Å². The van der Waals surface area contributed by atoms with Gasteiger partial charge in [0, 0.05) is 12.1 Å². The van der Waals surface area contributed by atoms with E-state index in [4.69, 9.17) is 5.26 Å². The third kappa shape index (κ3) is 2.98. The zero-order valence-electron chi connectivity index (χ0n) is 8.01. The van der Waals surface area contributed by atoms with Gasteiger partial charge < -0.3 is 5.32 Å². The molecular formula is C10H7F3N2O. The minimum atomic E-state index is -3.12. The fourth-order valence-corrected chi connectivity index (χ4v) is 1.02. The number of amides is 1. The van der Waals surface area contributed by atoms with Crippen LogP contribution < -0.4 is 5.32 Å². The van der Waals surface area contributed by atoms with Gasteiger partial charge in [-0.25, -0.2) is 4.39 Å². The molecule has 1 aromatic carbocycles. The lowest BCUT2D eigenvalue weighted by Gasteiger charge is -2.05. The van der Waals surface area contributed by atoms with Crippen LogP contribution in [0, 0.1) is 17.1 Å². The van der Waals surface area contributed by atoms with Crippen molar-refractivity contribution in [3.63, 3.8) is 0 Å². The molecule has 16 heavy (non-hydrogen) atoms. The van der Waals surface area contributed by atoms with E-state index < -0.39 is 18.1 Å². The second kappa shape index (κ2) is 5.16. The highest BCUT2D eigenvalue weighted by atomic mass is 19.3. The van der Waals surface area contributed by atoms with E-state index in [0.29, 0.717) is 0 Å². The lowest BCUT2D eigenvalue weighted by atomic mass is 10.1. The maximum absolute atomic E-state index is 13.2. The molecule has 0 aliphatic heterocycles. The highest BCUT2D eigenvalue weighted by molar-refractivity contribution is 5.79. The SMILES string of the molecule is N#Cc1ccc(CNC(=O)C(F)F)c(F)c1. The molecule has 0 saturated heterocycles. The van der Waals surface area contributed by atoms with E-state index in [1.807, 2.05) is 5.32 Å². The first-order valence-electron chi connectivity index (χ1n) is 4.29. The Bertz CT molecular complexity index is 440. The molecule has 6 heteroatoms. The number of alkyl halides is 2. The van der Waals surface area contributed by atoms with Gasteiger partial charge in [0.15, 0.2) is 0 Å². The number of hydrogen-bond donors (Lipinski definition) is 1. The van der Waals surface area contributed by atoms with Gasteiger partial charge in [0.2, 0.25) is 0 Å². The van der Waals surface area contributed by atoms with Gasteiger partial charge in [-0.1, -0.05) is 6.07 Å². The summed E-state index contributed by atoms with van der Waals surface area (Å²) in [7, 11) is 0. The summed E-state index contributed by atoms with van der Waals surface area (Å²) in [6, 6.07) is 5.31. The van der Waals surface area contributed by atoms with E-state index in [1.165, 1.54) is 12.1 Å². The van der Waals surface area contributed by atoms with Crippen LogP contribution in [0.4, 0.5) is 13.2 Å². The fourth-order valence-electron chi connectivity index (χ4n) is 1.02. The number of benzene rings is 1. The van der Waals surface area contributed by atoms with Crippen LogP contribution in [0.15, 0.2) is 18.2 Å². The number of rotatable bonds is 3. The third-order valence-corrected chi connectivity index (χ3v) is 1.83. The third-order valence-electron chi connectivity index (χ3n) is 1.83. The van der Waals surface area contributed by atoms with E-state index in [2.05, 4.69) is 0 Å². The van der Waals surface area contributed by atoms with Gasteiger partial charge in [-0.15, -0.1) is 0 Å². The van der Waals surface area contributed by atoms with Gasteiger partial charge in [-0.2, -0.15) is 14.0 Å². The molecule has 0 bridgehead atoms. The van der Waals surface area contributed by atoms with Gasteiger partial charge in [-0.05, 0) is 12.1 Å². The largest absolute Gasteiger partial charge is 0.347 e. The van der Waals surface area contributed by atoms with Crippen molar-refractivity contribution in [2.24, 2.45) is 0 Å². The number of carbonyl (C=O) groups excluding carboxylic acids is 1. The van der Waals surface area contributed by atoms with Crippen molar-refractivity contribution < 1.29 is 18.0 Å². The van der Waals surface area contributed by atoms with Gasteiger partial charge >= 0.3 is 6.43 Å². The molecule has 1 N–H and O–H groups in total. The summed E-state index contributed by atoms with van der Waals surface area (Å²) in [5.74, 6) is -2.17. The van der Waals surface area contributed by atoms with Crippen LogP contribution in [0.1, 0.15) is 11.1 Å². The number of nitrogens with zero attached hydrogens (tertiary/aromatic N) is 1. The standard InChI is InChI=1S/C10H7F3N2O/c11-8-3-6(4-14)1-2-7(8)5-15-10(16)9(12)13/h1-3,9H,5H2,(H,15,16). The highest BCUT2D eigenvalue weighted by Crippen LogP contribution is 2.09. The molecule has 0 atom stereocenters. The van der Waals surface area contributed by atoms with Crippen LogP contribution in [0.2, 0.25) is 0 Å². The monoisotopic (exact) mass is 228 g/mol. The average molecular weight is 228 g/mol. The first kappa shape index (κ1) is 12.0. The van der Waals surface area contributed by atoms with Gasteiger partial charge in [0.1, 0.15) is 5.82 Å². The number of halogens is 3. The molecule has 0 radical (unpaired) electrons. The first-order valence-corrected chi connectivity index (χ1v) is 4.29. The molecule has 0 aliphatic rings. The van der Waals surface area contributed by atoms with Crippen LogP contribution >= 0.6 is 0 Å². The molecule has 3 nitrogen and oxygen atoms in total. The Morgan fingerprint density at radius 3 is 2.69 bits per heavy atom. The molecule has 0 spiro atoms. The highest BCUT2D eigenvalue weighted by Gasteiger charge is 2.14. The van der Waals surface area contributed by atoms with Crippen LogP contribution in [-0.2, 0) is 11.3 Å². The fraction of sp³-hybridized carbons (Fsp3) is 0.200. The average Bonchev–Trinajstić information content (AvgIpc) is 2.26. The van der Waals surface area contributed by atoms with E-state index >= 15 is 0 Å². The summed E-state index contributed by atoms with van der Waals surface area (Å²) in [5, 5.41) is 10.3. The van der Waals surface area contributed by atoms with E-state index in [0.717, 1.165) is 6.07 Å². The Morgan fingerprint density at radius 1 is 1.50 bits per heavy atom. The number of nitriles is 1. The molecule has 0 aromatic heterocycles. The first-order chi connectivity index (χ1) is 7.54. The maximum atomic E-state index is 13.2. The summed E-state index contributed by atoms with van der Waals surface area (Å²) < 4.78 is 36.8. The van der Waals surface area contributed by atoms with E-state index in [-0.39, 0.29) is 17.7 Å². The number of hydrogen-bond acceptors (Lipinski definition) is 2. The summed E-state index contributed by atoms with van der Waals surface area (Å²) in [4.78, 5) is 10.5. The molecular weight excluding hydrogens is 221 g/mol. The normalized spacial score (nSPS) is 9.94. The van der Waals surface area contributed by atoms with Crippen molar-refractivity contribution in [3.05, 3.63) is 35.1 Å². The minimum Gasteiger partial charge on any atom is -0.347 e. The summed E-state index contributed by atoms with van der Waals surface area (Å²) in [6.45, 7) is -0.333. The van der Waals surface area contributed by atoms with Crippen molar-refractivity contribution in [3.8, 4) is 6.07 Å². The topological polar surface area (TPSA) is 52.9 Å². The van der Waals surface area contributed by atoms with Crippen molar-refractivity contribution in [2.45, 2.75) is 13.0 Å². The second-order valence-corrected chi connectivity index (χ2v) is 2.94. The van der Waals surface area contributed by atoms with Gasteiger partial charge in [-0.3, -0.25) is 4.79 Å². The Morgan fingerprint density at radius 2 is 2.19 bits per heavy atom. The predicted octanol–water partition coefficient (Wildman–Crippen LogP) is 1.58. The Kier molecular flexibility index (Phi) is 3.89. The minimum absolute atomic E-state index is 0.0491. The molecule has 0 fully saturated rings. The lowest BCUT2D eigenvalue weighted by Crippen LogP contribution is -2.29. The Hall–Kier alpha value is -2.03. The quantitative estimate of drug-likeness (QED) is 0.853. The molecule has 0 unspecified atom stereocenters. The van der Waals surface area contributed by atoms with Crippen LogP contribution in [0.3, 0.4) is 0 Å². The molecule has 0 heterocycles. The molecule has 1 rings (SSSR count). The van der Waals surface area contributed by atoms with Gasteiger partial charge in [0.25, 0.3) is 5.91 Å². The van der Waals surface area contributed by atoms with E-state index in [1.54, 1.807) is 6.07 Å². The van der Waals surface area contributed by atoms with Crippen LogP contribution in [0.5, 0.6) is 0 Å². The summed E-state index contributed by atoms with van der Waals surface area (Å²) in [6.07, 6.45) is -3.12. The molecule has 0 saturated carbocycles. The van der Waals surface area contributed by atoms with Crippen molar-refractivity contribution in [1.82, 2.24) is 5.32 Å². The molecule has 0 aliphatic carbocycles. The van der Waals surface area contributed by atoms with Crippen LogP contribution in [-0.4, -0.2) is 12.3 Å². The lowest BCUT2D eigenvalue weighted by molar-refractivity contribution is -0.131. The molecule has 1 amide bonds. The van der Waals surface area contributed by atoms with Crippen molar-refractivity contribution in [2.75, 3.05) is 0 Å². The number of carbonyl (C=O) groups is 1. The number of nitrogens with one attached hydrogen (secondary N) is 1. The zero-order chi connectivity index (χ0) is 12.1. The van der Waals surface area contributed by atoms with Crippen molar-refractivity contribution >= 4 is 5.91 Å². The predicted molar refractivity (Wildman–Crippen MR) is 49.0 cm³/mol. The molecule has 1 aromatic rings. The second-order valence-electron chi connectivity index (χ2n) is 2.94.